The highest BCUT2D eigenvalue weighted by Crippen LogP contribution is 2.30. The average molecular weight is 255 g/mol. The van der Waals surface area contributed by atoms with Crippen molar-refractivity contribution < 1.29 is 19.1 Å². The number of amides is 1. The number of aryl methyl sites for hydroxylation is 1. The van der Waals surface area contributed by atoms with E-state index in [9.17, 15) is 9.59 Å². The van der Waals surface area contributed by atoms with Gasteiger partial charge >= 0.3 is 5.97 Å². The third kappa shape index (κ3) is 2.17. The Labute approximate surface area is 103 Å². The number of aliphatic carboxylic acids is 1. The summed E-state index contributed by atoms with van der Waals surface area (Å²) < 4.78 is 5.07. The SMILES string of the molecule is Cc1cc(C(=O)N2C(C)SCC2C(=O)O)co1. The predicted molar refractivity (Wildman–Crippen MR) is 63.0 cm³/mol. The van der Waals surface area contributed by atoms with Crippen LogP contribution >= 0.6 is 11.8 Å². The van der Waals surface area contributed by atoms with Crippen molar-refractivity contribution in [2.75, 3.05) is 5.75 Å². The Kier molecular flexibility index (Phi) is 3.15. The predicted octanol–water partition coefficient (Wildman–Crippen LogP) is 1.58. The van der Waals surface area contributed by atoms with E-state index in [0.29, 0.717) is 17.1 Å². The van der Waals surface area contributed by atoms with Crippen LogP contribution in [0.25, 0.3) is 0 Å². The lowest BCUT2D eigenvalue weighted by Crippen LogP contribution is -2.44. The van der Waals surface area contributed by atoms with E-state index in [2.05, 4.69) is 0 Å². The van der Waals surface area contributed by atoms with E-state index in [1.54, 1.807) is 13.0 Å². The van der Waals surface area contributed by atoms with Crippen LogP contribution in [0.1, 0.15) is 23.0 Å². The van der Waals surface area contributed by atoms with E-state index in [1.165, 1.54) is 22.9 Å². The van der Waals surface area contributed by atoms with Crippen LogP contribution in [0.4, 0.5) is 0 Å². The molecule has 0 aromatic carbocycles. The first-order valence-electron chi connectivity index (χ1n) is 5.23. The number of carbonyl (C=O) groups is 2. The second-order valence-electron chi connectivity index (χ2n) is 3.95. The molecule has 0 radical (unpaired) electrons. The van der Waals surface area contributed by atoms with Crippen molar-refractivity contribution >= 4 is 23.6 Å². The zero-order chi connectivity index (χ0) is 12.6. The van der Waals surface area contributed by atoms with Gasteiger partial charge in [-0.2, -0.15) is 0 Å². The maximum Gasteiger partial charge on any atom is 0.327 e. The third-order valence-electron chi connectivity index (χ3n) is 2.72. The van der Waals surface area contributed by atoms with Crippen LogP contribution in [-0.4, -0.2) is 39.1 Å². The number of carboxylic acid groups (broad SMARTS) is 1. The number of furan rings is 1. The van der Waals surface area contributed by atoms with Crippen molar-refractivity contribution in [2.45, 2.75) is 25.3 Å². The zero-order valence-electron chi connectivity index (χ0n) is 9.54. The van der Waals surface area contributed by atoms with Crippen LogP contribution in [0, 0.1) is 6.92 Å². The van der Waals surface area contributed by atoms with Crippen molar-refractivity contribution in [3.63, 3.8) is 0 Å². The molecule has 1 aliphatic heterocycles. The van der Waals surface area contributed by atoms with Crippen molar-refractivity contribution in [3.8, 4) is 0 Å². The minimum absolute atomic E-state index is 0.126. The van der Waals surface area contributed by atoms with Crippen LogP contribution in [0.2, 0.25) is 0 Å². The molecule has 1 saturated heterocycles. The molecule has 17 heavy (non-hydrogen) atoms. The molecule has 2 rings (SSSR count). The number of carboxylic acids is 1. The summed E-state index contributed by atoms with van der Waals surface area (Å²) in [6, 6.07) is 0.870. The molecule has 1 fully saturated rings. The van der Waals surface area contributed by atoms with Gasteiger partial charge in [0.25, 0.3) is 5.91 Å². The molecule has 1 aromatic rings. The van der Waals surface area contributed by atoms with Gasteiger partial charge in [0.05, 0.1) is 10.9 Å². The van der Waals surface area contributed by atoms with Gasteiger partial charge in [0.15, 0.2) is 0 Å². The molecule has 6 heteroatoms. The van der Waals surface area contributed by atoms with Gasteiger partial charge in [0.1, 0.15) is 18.1 Å². The summed E-state index contributed by atoms with van der Waals surface area (Å²) in [7, 11) is 0. The molecule has 1 aromatic heterocycles. The lowest BCUT2D eigenvalue weighted by molar-refractivity contribution is -0.141. The van der Waals surface area contributed by atoms with Gasteiger partial charge in [-0.3, -0.25) is 4.79 Å². The van der Waals surface area contributed by atoms with Gasteiger partial charge in [-0.15, -0.1) is 11.8 Å². The Morgan fingerprint density at radius 2 is 2.29 bits per heavy atom. The molecule has 2 atom stereocenters. The standard InChI is InChI=1S/C11H13NO4S/c1-6-3-8(4-16-6)10(13)12-7(2)17-5-9(12)11(14)15/h3-4,7,9H,5H2,1-2H3,(H,14,15). The van der Waals surface area contributed by atoms with Gasteiger partial charge in [0, 0.05) is 5.75 Å². The molecule has 1 N–H and O–H groups in total. The molecule has 5 nitrogen and oxygen atoms in total. The van der Waals surface area contributed by atoms with Gasteiger partial charge in [-0.25, -0.2) is 4.79 Å². The molecule has 0 spiro atoms. The Morgan fingerprint density at radius 1 is 1.59 bits per heavy atom. The van der Waals surface area contributed by atoms with Gasteiger partial charge in [-0.1, -0.05) is 0 Å². The summed E-state index contributed by atoms with van der Waals surface area (Å²) >= 11 is 1.47. The maximum absolute atomic E-state index is 12.2. The molecule has 2 unspecified atom stereocenters. The first kappa shape index (κ1) is 12.0. The summed E-state index contributed by atoms with van der Waals surface area (Å²) in [6.07, 6.45) is 1.37. The monoisotopic (exact) mass is 255 g/mol. The Balaban J connectivity index is 2.25. The van der Waals surface area contributed by atoms with Crippen molar-refractivity contribution in [1.29, 1.82) is 0 Å². The van der Waals surface area contributed by atoms with Gasteiger partial charge < -0.3 is 14.4 Å². The van der Waals surface area contributed by atoms with E-state index in [0.717, 1.165) is 0 Å². The molecule has 2 heterocycles. The Hall–Kier alpha value is -1.43. The molecule has 0 aliphatic carbocycles. The highest BCUT2D eigenvalue weighted by molar-refractivity contribution is 8.00. The highest BCUT2D eigenvalue weighted by atomic mass is 32.2. The lowest BCUT2D eigenvalue weighted by Gasteiger charge is -2.24. The topological polar surface area (TPSA) is 70.8 Å². The normalized spacial score (nSPS) is 24.0. The van der Waals surface area contributed by atoms with Crippen LogP contribution in [0.15, 0.2) is 16.7 Å². The number of hydrogen-bond donors (Lipinski definition) is 1. The largest absolute Gasteiger partial charge is 0.480 e. The minimum atomic E-state index is -0.963. The zero-order valence-corrected chi connectivity index (χ0v) is 10.4. The second-order valence-corrected chi connectivity index (χ2v) is 5.29. The smallest absolute Gasteiger partial charge is 0.327 e. The fraction of sp³-hybridized carbons (Fsp3) is 0.455. The fourth-order valence-corrected chi connectivity index (χ4v) is 3.01. The summed E-state index contributed by atoms with van der Waals surface area (Å²) in [5.74, 6) is -0.180. The van der Waals surface area contributed by atoms with Crippen LogP contribution in [0.3, 0.4) is 0 Å². The molecule has 1 amide bonds. The van der Waals surface area contributed by atoms with Crippen LogP contribution < -0.4 is 0 Å². The quantitative estimate of drug-likeness (QED) is 0.868. The molecule has 0 bridgehead atoms. The molecule has 0 saturated carbocycles. The summed E-state index contributed by atoms with van der Waals surface area (Å²) in [4.78, 5) is 24.6. The summed E-state index contributed by atoms with van der Waals surface area (Å²) in [5.41, 5.74) is 0.406. The lowest BCUT2D eigenvalue weighted by atomic mass is 10.2. The molecular weight excluding hydrogens is 242 g/mol. The number of nitrogens with zero attached hydrogens (tertiary/aromatic N) is 1. The fourth-order valence-electron chi connectivity index (χ4n) is 1.85. The van der Waals surface area contributed by atoms with E-state index >= 15 is 0 Å². The highest BCUT2D eigenvalue weighted by Gasteiger charge is 2.40. The van der Waals surface area contributed by atoms with Crippen molar-refractivity contribution in [3.05, 3.63) is 23.7 Å². The summed E-state index contributed by atoms with van der Waals surface area (Å²) in [6.45, 7) is 3.58. The van der Waals surface area contributed by atoms with Gasteiger partial charge in [0.2, 0.25) is 0 Å². The molecule has 1 aliphatic rings. The minimum Gasteiger partial charge on any atom is -0.480 e. The van der Waals surface area contributed by atoms with Crippen molar-refractivity contribution in [2.24, 2.45) is 0 Å². The number of hydrogen-bond acceptors (Lipinski definition) is 4. The first-order valence-corrected chi connectivity index (χ1v) is 6.28. The Bertz CT molecular complexity index is 456. The van der Waals surface area contributed by atoms with E-state index in [1.807, 2.05) is 6.92 Å². The van der Waals surface area contributed by atoms with Crippen LogP contribution in [0.5, 0.6) is 0 Å². The maximum atomic E-state index is 12.2. The van der Waals surface area contributed by atoms with Gasteiger partial charge in [-0.05, 0) is 19.9 Å². The third-order valence-corrected chi connectivity index (χ3v) is 3.94. The second kappa shape index (κ2) is 4.44. The number of rotatable bonds is 2. The number of carbonyl (C=O) groups excluding carboxylic acids is 1. The summed E-state index contributed by atoms with van der Waals surface area (Å²) in [5, 5.41) is 8.95. The average Bonchev–Trinajstić information content (AvgIpc) is 2.83. The van der Waals surface area contributed by atoms with E-state index in [4.69, 9.17) is 9.52 Å². The van der Waals surface area contributed by atoms with E-state index in [-0.39, 0.29) is 11.3 Å². The molecule has 92 valence electrons. The van der Waals surface area contributed by atoms with E-state index < -0.39 is 12.0 Å². The molecular formula is C11H13NO4S. The van der Waals surface area contributed by atoms with Crippen molar-refractivity contribution in [1.82, 2.24) is 4.90 Å². The van der Waals surface area contributed by atoms with Crippen LogP contribution in [-0.2, 0) is 4.79 Å². The number of thioether (sulfide) groups is 1. The Morgan fingerprint density at radius 3 is 2.82 bits per heavy atom. The first-order chi connectivity index (χ1) is 8.00.